The van der Waals surface area contributed by atoms with E-state index in [-0.39, 0.29) is 24.0 Å². The molecule has 0 fully saturated rings. The molecule has 0 N–H and O–H groups in total. The quantitative estimate of drug-likeness (QED) is 0.672. The van der Waals surface area contributed by atoms with E-state index in [1.807, 2.05) is 24.3 Å². The zero-order chi connectivity index (χ0) is 19.9. The molecular weight excluding hydrogens is 378 g/mol. The number of allylic oxidation sites excluding steroid dienone is 7. The van der Waals surface area contributed by atoms with Crippen LogP contribution in [0.3, 0.4) is 0 Å². The monoisotopic (exact) mass is 399 g/mol. The van der Waals surface area contributed by atoms with Crippen molar-refractivity contribution in [1.29, 1.82) is 0 Å². The van der Waals surface area contributed by atoms with Crippen LogP contribution < -0.4 is 5.01 Å². The Labute approximate surface area is 168 Å². The highest BCUT2D eigenvalue weighted by molar-refractivity contribution is 6.31. The van der Waals surface area contributed by atoms with Crippen molar-refractivity contribution < 1.29 is 14.1 Å². The Balaban J connectivity index is 1.87. The van der Waals surface area contributed by atoms with Crippen molar-refractivity contribution in [3.63, 3.8) is 0 Å². The van der Waals surface area contributed by atoms with Gasteiger partial charge in [-0.1, -0.05) is 47.1 Å². The third kappa shape index (κ3) is 5.39. The van der Waals surface area contributed by atoms with Crippen LogP contribution in [0, 0.1) is 5.92 Å². The van der Waals surface area contributed by atoms with Crippen molar-refractivity contribution in [2.24, 2.45) is 11.0 Å². The molecule has 1 aromatic heterocycles. The third-order valence-corrected chi connectivity index (χ3v) is 4.72. The molecule has 2 aliphatic rings. The van der Waals surface area contributed by atoms with E-state index in [0.717, 1.165) is 12.1 Å². The summed E-state index contributed by atoms with van der Waals surface area (Å²) in [5, 5.41) is 10.3. The zero-order valence-corrected chi connectivity index (χ0v) is 16.4. The van der Waals surface area contributed by atoms with Crippen LogP contribution in [0.25, 0.3) is 0 Å². The average Bonchev–Trinajstić information content (AvgIpc) is 3.16. The van der Waals surface area contributed by atoms with Crippen LogP contribution in [-0.4, -0.2) is 22.6 Å². The molecular formula is C21H22ClN3O3. The first-order valence-corrected chi connectivity index (χ1v) is 9.60. The molecule has 1 atom stereocenters. The molecule has 2 heterocycles. The summed E-state index contributed by atoms with van der Waals surface area (Å²) >= 11 is 6.12. The number of hydrogen-bond acceptors (Lipinski definition) is 5. The zero-order valence-electron chi connectivity index (χ0n) is 15.7. The maximum Gasteiger partial charge on any atom is 0.274 e. The number of aromatic nitrogens is 1. The van der Waals surface area contributed by atoms with Crippen molar-refractivity contribution in [2.75, 3.05) is 5.01 Å². The maximum atomic E-state index is 13.0. The molecule has 0 saturated carbocycles. The van der Waals surface area contributed by atoms with Crippen LogP contribution in [0.5, 0.6) is 0 Å². The molecule has 1 unspecified atom stereocenters. The molecule has 1 aliphatic carbocycles. The first-order valence-electron chi connectivity index (χ1n) is 9.22. The summed E-state index contributed by atoms with van der Waals surface area (Å²) in [4.78, 5) is 24.5. The van der Waals surface area contributed by atoms with Crippen molar-refractivity contribution in [2.45, 2.75) is 39.0 Å². The molecule has 0 aromatic carbocycles. The Bertz CT molecular complexity index is 879. The number of halogens is 1. The Kier molecular flexibility index (Phi) is 6.76. The topological polar surface area (TPSA) is 75.8 Å². The lowest BCUT2D eigenvalue weighted by Gasteiger charge is -2.22. The molecule has 0 spiro atoms. The fourth-order valence-corrected chi connectivity index (χ4v) is 3.26. The second-order valence-electron chi connectivity index (χ2n) is 6.79. The van der Waals surface area contributed by atoms with E-state index < -0.39 is 0 Å². The Morgan fingerprint density at radius 1 is 1.36 bits per heavy atom. The summed E-state index contributed by atoms with van der Waals surface area (Å²) in [6.07, 6.45) is 17.6. The normalized spacial score (nSPS) is 24.2. The molecule has 1 aromatic rings. The fraction of sp³-hybridized carbons (Fsp3) is 0.333. The lowest BCUT2D eigenvalue weighted by Crippen LogP contribution is -2.30. The molecule has 1 amide bonds. The summed E-state index contributed by atoms with van der Waals surface area (Å²) < 4.78 is 4.89. The molecule has 1 aliphatic heterocycles. The predicted molar refractivity (Wildman–Crippen MR) is 109 cm³/mol. The molecule has 6 nitrogen and oxygen atoms in total. The lowest BCUT2D eigenvalue weighted by atomic mass is 9.96. The Hall–Kier alpha value is -2.73. The molecule has 3 rings (SSSR count). The van der Waals surface area contributed by atoms with Gasteiger partial charge in [0.15, 0.2) is 0 Å². The van der Waals surface area contributed by atoms with Gasteiger partial charge in [0, 0.05) is 28.7 Å². The molecule has 0 radical (unpaired) electrons. The summed E-state index contributed by atoms with van der Waals surface area (Å²) in [6, 6.07) is 0. The van der Waals surface area contributed by atoms with Crippen LogP contribution in [0.2, 0.25) is 0 Å². The van der Waals surface area contributed by atoms with E-state index >= 15 is 0 Å². The van der Waals surface area contributed by atoms with Gasteiger partial charge >= 0.3 is 0 Å². The SMILES string of the molecule is CC(=O)CC1=CCC/C(CC2C=CC/C=C(/Cl)C=C2)=N\N(c2cnoc2)C1=O. The van der Waals surface area contributed by atoms with Gasteiger partial charge in [-0.2, -0.15) is 10.1 Å². The van der Waals surface area contributed by atoms with Crippen molar-refractivity contribution >= 4 is 34.7 Å². The maximum absolute atomic E-state index is 13.0. The van der Waals surface area contributed by atoms with Gasteiger partial charge in [0.2, 0.25) is 0 Å². The summed E-state index contributed by atoms with van der Waals surface area (Å²) in [5.41, 5.74) is 1.76. The van der Waals surface area contributed by atoms with Gasteiger partial charge in [-0.05, 0) is 38.7 Å². The van der Waals surface area contributed by atoms with Gasteiger partial charge in [0.1, 0.15) is 17.7 Å². The van der Waals surface area contributed by atoms with Crippen LogP contribution in [0.1, 0.15) is 39.0 Å². The van der Waals surface area contributed by atoms with Gasteiger partial charge in [0.25, 0.3) is 5.91 Å². The second-order valence-corrected chi connectivity index (χ2v) is 7.23. The van der Waals surface area contributed by atoms with Crippen molar-refractivity contribution in [3.05, 3.63) is 59.5 Å². The van der Waals surface area contributed by atoms with Gasteiger partial charge < -0.3 is 4.52 Å². The highest BCUT2D eigenvalue weighted by atomic mass is 35.5. The average molecular weight is 400 g/mol. The highest BCUT2D eigenvalue weighted by Crippen LogP contribution is 2.24. The van der Waals surface area contributed by atoms with Crippen molar-refractivity contribution in [1.82, 2.24) is 5.16 Å². The number of nitrogens with zero attached hydrogens (tertiary/aromatic N) is 3. The Morgan fingerprint density at radius 3 is 2.96 bits per heavy atom. The number of carbonyl (C=O) groups excluding carboxylic acids is 2. The summed E-state index contributed by atoms with van der Waals surface area (Å²) in [5.74, 6) is -0.254. The van der Waals surface area contributed by atoms with E-state index in [0.29, 0.717) is 35.6 Å². The third-order valence-electron chi connectivity index (χ3n) is 4.44. The van der Waals surface area contributed by atoms with Crippen LogP contribution in [-0.2, 0) is 9.59 Å². The van der Waals surface area contributed by atoms with Crippen LogP contribution in [0.15, 0.2) is 69.1 Å². The standard InChI is InChI=1S/C21H22ClN3O3/c1-15(26)11-17-6-4-8-19(12-16-5-2-3-7-18(22)10-9-16)24-25(21(17)27)20-13-23-28-14-20/h2,5-7,9-10,13-14,16H,3-4,8,11-12H2,1H3/b5-2?,10-9?,17-6?,18-7+,24-19+. The molecule has 0 saturated heterocycles. The number of carbonyl (C=O) groups is 2. The predicted octanol–water partition coefficient (Wildman–Crippen LogP) is 4.71. The number of hydrogen-bond donors (Lipinski definition) is 0. The number of rotatable bonds is 5. The molecule has 7 heteroatoms. The largest absolute Gasteiger partial charge is 0.362 e. The molecule has 0 bridgehead atoms. The van der Waals surface area contributed by atoms with Gasteiger partial charge in [-0.25, -0.2) is 0 Å². The first-order chi connectivity index (χ1) is 13.5. The lowest BCUT2D eigenvalue weighted by molar-refractivity contribution is -0.119. The number of hydrazone groups is 1. The van der Waals surface area contributed by atoms with E-state index in [1.54, 1.807) is 0 Å². The van der Waals surface area contributed by atoms with Gasteiger partial charge in [-0.3, -0.25) is 9.59 Å². The molecule has 146 valence electrons. The fourth-order valence-electron chi connectivity index (χ4n) is 3.10. The highest BCUT2D eigenvalue weighted by Gasteiger charge is 2.25. The minimum absolute atomic E-state index is 0.0654. The van der Waals surface area contributed by atoms with E-state index in [4.69, 9.17) is 16.1 Å². The number of anilines is 1. The first kappa shape index (κ1) is 20.0. The van der Waals surface area contributed by atoms with Crippen LogP contribution >= 0.6 is 11.6 Å². The number of ketones is 1. The second kappa shape index (κ2) is 9.46. The van der Waals surface area contributed by atoms with E-state index in [2.05, 4.69) is 22.4 Å². The van der Waals surface area contributed by atoms with Gasteiger partial charge in [-0.15, -0.1) is 0 Å². The smallest absolute Gasteiger partial charge is 0.274 e. The minimum Gasteiger partial charge on any atom is -0.362 e. The summed E-state index contributed by atoms with van der Waals surface area (Å²) in [6.45, 7) is 1.47. The van der Waals surface area contributed by atoms with E-state index in [9.17, 15) is 9.59 Å². The van der Waals surface area contributed by atoms with Crippen molar-refractivity contribution in [3.8, 4) is 0 Å². The van der Waals surface area contributed by atoms with Gasteiger partial charge in [0.05, 0.1) is 6.20 Å². The Morgan fingerprint density at radius 2 is 2.21 bits per heavy atom. The molecule has 28 heavy (non-hydrogen) atoms. The number of Topliss-reactive ketones (excluding diaryl/α,β-unsaturated/α-hetero) is 1. The van der Waals surface area contributed by atoms with Crippen LogP contribution in [0.4, 0.5) is 5.69 Å². The van der Waals surface area contributed by atoms with E-state index in [1.165, 1.54) is 24.4 Å². The minimum atomic E-state index is -0.328. The summed E-state index contributed by atoms with van der Waals surface area (Å²) in [7, 11) is 0. The number of amides is 1.